The Hall–Kier alpha value is -1.75. The number of pyridine rings is 1. The Morgan fingerprint density at radius 3 is 2.58 bits per heavy atom. The van der Waals surface area contributed by atoms with E-state index in [1.54, 1.807) is 6.07 Å². The van der Waals surface area contributed by atoms with E-state index in [9.17, 15) is 13.2 Å². The van der Waals surface area contributed by atoms with Crippen molar-refractivity contribution in [3.63, 3.8) is 0 Å². The molecule has 0 N–H and O–H groups in total. The predicted molar refractivity (Wildman–Crippen MR) is 65.3 cm³/mol. The fourth-order valence-corrected chi connectivity index (χ4v) is 1.67. The molecule has 0 atom stereocenters. The molecule has 0 radical (unpaired) electrons. The maximum atomic E-state index is 12.9. The van der Waals surface area contributed by atoms with E-state index in [1.165, 1.54) is 30.6 Å². The van der Waals surface area contributed by atoms with Crippen molar-refractivity contribution in [2.24, 2.45) is 0 Å². The normalized spacial score (nSPS) is 11.4. The minimum absolute atomic E-state index is 0.0102. The van der Waals surface area contributed by atoms with Crippen molar-refractivity contribution in [1.29, 1.82) is 0 Å². The zero-order chi connectivity index (χ0) is 13.9. The summed E-state index contributed by atoms with van der Waals surface area (Å²) in [4.78, 5) is 3.78. The number of hydrogen-bond donors (Lipinski definition) is 0. The molecule has 0 unspecified atom stereocenters. The van der Waals surface area contributed by atoms with Gasteiger partial charge >= 0.3 is 6.18 Å². The van der Waals surface area contributed by atoms with E-state index in [-0.39, 0.29) is 17.4 Å². The van der Waals surface area contributed by atoms with Crippen LogP contribution in [-0.2, 0) is 12.1 Å². The first-order chi connectivity index (χ1) is 9.00. The molecule has 0 aliphatic carbocycles. The molecule has 2 nitrogen and oxygen atoms in total. The summed E-state index contributed by atoms with van der Waals surface area (Å²) in [7, 11) is 0. The summed E-state index contributed by atoms with van der Waals surface area (Å²) in [5.41, 5.74) is -0.470. The number of rotatable bonds is 3. The number of halogens is 4. The van der Waals surface area contributed by atoms with Crippen LogP contribution in [0.2, 0.25) is 0 Å². The van der Waals surface area contributed by atoms with Gasteiger partial charge in [-0.2, -0.15) is 13.2 Å². The maximum absolute atomic E-state index is 12.9. The summed E-state index contributed by atoms with van der Waals surface area (Å²) in [6.07, 6.45) is -1.65. The third-order valence-electron chi connectivity index (χ3n) is 2.37. The van der Waals surface area contributed by atoms with Gasteiger partial charge < -0.3 is 4.74 Å². The molecule has 0 spiro atoms. The lowest BCUT2D eigenvalue weighted by Crippen LogP contribution is -2.07. The third-order valence-corrected chi connectivity index (χ3v) is 2.67. The largest absolute Gasteiger partial charge is 0.455 e. The fourth-order valence-electron chi connectivity index (χ4n) is 1.51. The van der Waals surface area contributed by atoms with Gasteiger partial charge in [-0.3, -0.25) is 4.98 Å². The number of nitrogens with zero attached hydrogens (tertiary/aromatic N) is 1. The smallest absolute Gasteiger partial charge is 0.419 e. The average molecular weight is 288 g/mol. The van der Waals surface area contributed by atoms with Crippen molar-refractivity contribution in [3.05, 3.63) is 53.9 Å². The third kappa shape index (κ3) is 3.38. The van der Waals surface area contributed by atoms with Crippen LogP contribution in [0.15, 0.2) is 42.7 Å². The van der Waals surface area contributed by atoms with Crippen LogP contribution in [0.3, 0.4) is 0 Å². The van der Waals surface area contributed by atoms with Crippen LogP contribution in [-0.4, -0.2) is 4.98 Å². The zero-order valence-corrected chi connectivity index (χ0v) is 10.4. The van der Waals surface area contributed by atoms with Crippen LogP contribution in [0, 0.1) is 0 Å². The van der Waals surface area contributed by atoms with E-state index in [0.717, 1.165) is 6.07 Å². The van der Waals surface area contributed by atoms with Gasteiger partial charge in [0, 0.05) is 12.1 Å². The Kier molecular flexibility index (Phi) is 3.95. The van der Waals surface area contributed by atoms with Gasteiger partial charge in [0.25, 0.3) is 0 Å². The highest BCUT2D eigenvalue weighted by Crippen LogP contribution is 2.38. The van der Waals surface area contributed by atoms with Gasteiger partial charge in [0.2, 0.25) is 0 Å². The number of hydrogen-bond acceptors (Lipinski definition) is 2. The monoisotopic (exact) mass is 287 g/mol. The first kappa shape index (κ1) is 13.7. The van der Waals surface area contributed by atoms with Crippen LogP contribution in [0.5, 0.6) is 11.5 Å². The zero-order valence-electron chi connectivity index (χ0n) is 9.62. The molecule has 0 saturated heterocycles. The first-order valence-electron chi connectivity index (χ1n) is 5.34. The van der Waals surface area contributed by atoms with Crippen molar-refractivity contribution in [1.82, 2.24) is 4.98 Å². The standard InChI is InChI=1S/C13H9ClF3NO/c14-7-9-3-4-12(11(6-9)13(15,16)17)19-10-2-1-5-18-8-10/h1-6,8H,7H2. The Bertz CT molecular complexity index is 558. The number of alkyl halides is 4. The lowest BCUT2D eigenvalue weighted by molar-refractivity contribution is -0.138. The van der Waals surface area contributed by atoms with Crippen LogP contribution >= 0.6 is 11.6 Å². The summed E-state index contributed by atoms with van der Waals surface area (Å²) in [6.45, 7) is 0. The Morgan fingerprint density at radius 2 is 2.00 bits per heavy atom. The highest BCUT2D eigenvalue weighted by atomic mass is 35.5. The molecule has 0 aliphatic heterocycles. The molecule has 2 rings (SSSR count). The van der Waals surface area contributed by atoms with E-state index < -0.39 is 11.7 Å². The second kappa shape index (κ2) is 5.48. The molecule has 1 aromatic heterocycles. The molecule has 0 amide bonds. The van der Waals surface area contributed by atoms with Gasteiger partial charge in [-0.25, -0.2) is 0 Å². The van der Waals surface area contributed by atoms with E-state index in [1.807, 2.05) is 0 Å². The molecule has 0 bridgehead atoms. The first-order valence-corrected chi connectivity index (χ1v) is 5.88. The Morgan fingerprint density at radius 1 is 1.21 bits per heavy atom. The molecule has 6 heteroatoms. The van der Waals surface area contributed by atoms with Crippen LogP contribution in [0.4, 0.5) is 13.2 Å². The van der Waals surface area contributed by atoms with Crippen molar-refractivity contribution >= 4 is 11.6 Å². The van der Waals surface area contributed by atoms with Gasteiger partial charge in [-0.05, 0) is 29.8 Å². The summed E-state index contributed by atoms with van der Waals surface area (Å²) >= 11 is 5.54. The lowest BCUT2D eigenvalue weighted by Gasteiger charge is -2.14. The Balaban J connectivity index is 2.40. The van der Waals surface area contributed by atoms with Gasteiger partial charge in [-0.15, -0.1) is 11.6 Å². The predicted octanol–water partition coefficient (Wildman–Crippen LogP) is 4.63. The molecule has 19 heavy (non-hydrogen) atoms. The molecular formula is C13H9ClF3NO. The van der Waals surface area contributed by atoms with E-state index in [4.69, 9.17) is 16.3 Å². The highest BCUT2D eigenvalue weighted by Gasteiger charge is 2.34. The summed E-state index contributed by atoms with van der Waals surface area (Å²) in [5, 5.41) is 0. The van der Waals surface area contributed by atoms with Crippen LogP contribution in [0.25, 0.3) is 0 Å². The van der Waals surface area contributed by atoms with Gasteiger partial charge in [0.05, 0.1) is 11.8 Å². The molecule has 0 aliphatic rings. The molecule has 0 fully saturated rings. The lowest BCUT2D eigenvalue weighted by atomic mass is 10.1. The SMILES string of the molecule is FC(F)(F)c1cc(CCl)ccc1Oc1cccnc1. The van der Waals surface area contributed by atoms with Crippen LogP contribution in [0.1, 0.15) is 11.1 Å². The maximum Gasteiger partial charge on any atom is 0.419 e. The van der Waals surface area contributed by atoms with Crippen molar-refractivity contribution in [2.75, 3.05) is 0 Å². The van der Waals surface area contributed by atoms with Gasteiger partial charge in [-0.1, -0.05) is 6.07 Å². The van der Waals surface area contributed by atoms with Gasteiger partial charge in [0.15, 0.2) is 0 Å². The summed E-state index contributed by atoms with van der Waals surface area (Å²) < 4.78 is 44.0. The Labute approximate surface area is 112 Å². The average Bonchev–Trinajstić information content (AvgIpc) is 2.39. The molecule has 100 valence electrons. The number of ether oxygens (including phenoxy) is 1. The molecule has 0 saturated carbocycles. The van der Waals surface area contributed by atoms with E-state index in [0.29, 0.717) is 5.56 Å². The number of aromatic nitrogens is 1. The minimum atomic E-state index is -4.50. The van der Waals surface area contributed by atoms with E-state index >= 15 is 0 Å². The molecule has 1 heterocycles. The minimum Gasteiger partial charge on any atom is -0.455 e. The summed E-state index contributed by atoms with van der Waals surface area (Å²) in [6, 6.07) is 6.85. The topological polar surface area (TPSA) is 22.1 Å². The van der Waals surface area contributed by atoms with Crippen molar-refractivity contribution in [3.8, 4) is 11.5 Å². The summed E-state index contributed by atoms with van der Waals surface area (Å²) in [5.74, 6) is -0.0167. The fraction of sp³-hybridized carbons (Fsp3) is 0.154. The van der Waals surface area contributed by atoms with E-state index in [2.05, 4.69) is 4.98 Å². The molecule has 1 aromatic carbocycles. The molecule has 2 aromatic rings. The van der Waals surface area contributed by atoms with Gasteiger partial charge in [0.1, 0.15) is 11.5 Å². The van der Waals surface area contributed by atoms with Crippen molar-refractivity contribution in [2.45, 2.75) is 12.1 Å². The second-order valence-corrected chi connectivity index (χ2v) is 4.02. The van der Waals surface area contributed by atoms with Crippen molar-refractivity contribution < 1.29 is 17.9 Å². The quantitative estimate of drug-likeness (QED) is 0.768. The second-order valence-electron chi connectivity index (χ2n) is 3.75. The highest BCUT2D eigenvalue weighted by molar-refractivity contribution is 6.17. The number of benzene rings is 1. The van der Waals surface area contributed by atoms with Crippen LogP contribution < -0.4 is 4.74 Å². The molecular weight excluding hydrogens is 279 g/mol.